The Hall–Kier alpha value is -3.79. The molecule has 0 aliphatic carbocycles. The van der Waals surface area contributed by atoms with Crippen LogP contribution in [0.1, 0.15) is 17.7 Å². The number of nitrogens with one attached hydrogen (secondary N) is 1. The average Bonchev–Trinajstić information content (AvgIpc) is 3.35. The van der Waals surface area contributed by atoms with Gasteiger partial charge in [0.05, 0.1) is 16.5 Å². The smallest absolute Gasteiger partial charge is 0.271 e. The minimum absolute atomic E-state index is 0.0195. The van der Waals surface area contributed by atoms with Gasteiger partial charge < -0.3 is 4.90 Å². The van der Waals surface area contributed by atoms with E-state index >= 15 is 0 Å². The Morgan fingerprint density at radius 3 is 2.69 bits per heavy atom. The summed E-state index contributed by atoms with van der Waals surface area (Å²) in [6.45, 7) is 3.88. The fourth-order valence-corrected chi connectivity index (χ4v) is 4.51. The number of para-hydroxylation sites is 1. The van der Waals surface area contributed by atoms with Crippen LogP contribution in [0, 0.1) is 29.9 Å². The number of hydrogen-bond donors (Lipinski definition) is 1. The summed E-state index contributed by atoms with van der Waals surface area (Å²) >= 11 is 1.40. The van der Waals surface area contributed by atoms with Crippen LogP contribution in [0.15, 0.2) is 59.0 Å². The minimum atomic E-state index is -0.601. The second-order valence-electron chi connectivity index (χ2n) is 7.55. The fraction of sp³-hybridized carbons (Fsp3) is 0.227. The van der Waals surface area contributed by atoms with Gasteiger partial charge >= 0.3 is 0 Å². The Kier molecular flexibility index (Phi) is 5.87. The molecule has 1 aliphatic rings. The van der Waals surface area contributed by atoms with E-state index in [9.17, 15) is 19.7 Å². The van der Waals surface area contributed by atoms with Gasteiger partial charge in [-0.3, -0.25) is 24.3 Å². The first-order valence-electron chi connectivity index (χ1n) is 9.96. The molecule has 3 aromatic rings. The number of benzene rings is 2. The Labute approximate surface area is 187 Å². The highest BCUT2D eigenvalue weighted by atomic mass is 32.1. The van der Waals surface area contributed by atoms with Gasteiger partial charge in [-0.25, -0.2) is 5.43 Å². The molecule has 2 heterocycles. The van der Waals surface area contributed by atoms with Crippen molar-refractivity contribution in [1.82, 2.24) is 9.99 Å². The summed E-state index contributed by atoms with van der Waals surface area (Å²) in [4.78, 5) is 38.0. The second kappa shape index (κ2) is 8.75. The highest BCUT2D eigenvalue weighted by Crippen LogP contribution is 2.31. The zero-order valence-electron chi connectivity index (χ0n) is 17.5. The molecule has 1 aromatic heterocycles. The van der Waals surface area contributed by atoms with Gasteiger partial charge in [-0.05, 0) is 31.5 Å². The Morgan fingerprint density at radius 2 is 1.97 bits per heavy atom. The summed E-state index contributed by atoms with van der Waals surface area (Å²) in [5.41, 5.74) is 5.59. The Morgan fingerprint density at radius 1 is 1.22 bits per heavy atom. The maximum Gasteiger partial charge on any atom is 0.271 e. The van der Waals surface area contributed by atoms with Crippen molar-refractivity contribution >= 4 is 34.5 Å². The average molecular weight is 452 g/mol. The van der Waals surface area contributed by atoms with Gasteiger partial charge in [0.1, 0.15) is 0 Å². The molecule has 0 radical (unpaired) electrons. The van der Waals surface area contributed by atoms with Gasteiger partial charge in [0.25, 0.3) is 5.69 Å². The number of non-ortho nitro benzene ring substituents is 1. The summed E-state index contributed by atoms with van der Waals surface area (Å²) in [5, 5.41) is 17.3. The van der Waals surface area contributed by atoms with Crippen molar-refractivity contribution in [2.75, 3.05) is 11.4 Å². The SMILES string of the molecule is Cc1ccc([N+](=O)[O-])cc1N1CC(C(=O)NN=c2scc(C)n2-c2ccccc2)CC1=O. The van der Waals surface area contributed by atoms with Crippen LogP contribution in [0.25, 0.3) is 5.69 Å². The van der Waals surface area contributed by atoms with Crippen LogP contribution in [-0.2, 0) is 9.59 Å². The predicted octanol–water partition coefficient (Wildman–Crippen LogP) is 3.05. The van der Waals surface area contributed by atoms with Crippen molar-refractivity contribution in [2.24, 2.45) is 11.0 Å². The molecular formula is C22H21N5O4S. The molecule has 1 unspecified atom stereocenters. The third kappa shape index (κ3) is 4.17. The maximum atomic E-state index is 12.8. The summed E-state index contributed by atoms with van der Waals surface area (Å²) < 4.78 is 1.93. The third-order valence-corrected chi connectivity index (χ3v) is 6.29. The molecule has 2 amide bonds. The van der Waals surface area contributed by atoms with Gasteiger partial charge in [-0.15, -0.1) is 16.4 Å². The van der Waals surface area contributed by atoms with Gasteiger partial charge in [0.2, 0.25) is 16.6 Å². The maximum absolute atomic E-state index is 12.8. The zero-order valence-corrected chi connectivity index (χ0v) is 18.3. The monoisotopic (exact) mass is 451 g/mol. The number of aromatic nitrogens is 1. The molecule has 4 rings (SSSR count). The van der Waals surface area contributed by atoms with Gasteiger partial charge in [-0.2, -0.15) is 0 Å². The first kappa shape index (κ1) is 21.4. The van der Waals surface area contributed by atoms with E-state index in [0.717, 1.165) is 16.9 Å². The highest BCUT2D eigenvalue weighted by Gasteiger charge is 2.36. The summed E-state index contributed by atoms with van der Waals surface area (Å²) in [7, 11) is 0. The third-order valence-electron chi connectivity index (χ3n) is 5.35. The molecule has 0 spiro atoms. The first-order valence-corrected chi connectivity index (χ1v) is 10.8. The predicted molar refractivity (Wildman–Crippen MR) is 120 cm³/mol. The summed E-state index contributed by atoms with van der Waals surface area (Å²) in [6, 6.07) is 14.1. The largest absolute Gasteiger partial charge is 0.311 e. The van der Waals surface area contributed by atoms with E-state index in [1.807, 2.05) is 47.2 Å². The molecule has 1 atom stereocenters. The standard InChI is InChI=1S/C22H21N5O4S/c1-14-8-9-18(27(30)31)11-19(14)25-12-16(10-20(25)28)21(29)23-24-22-26(15(2)13-32-22)17-6-4-3-5-7-17/h3-9,11,13,16H,10,12H2,1-2H3,(H,23,29). The fourth-order valence-electron chi connectivity index (χ4n) is 3.67. The van der Waals surface area contributed by atoms with Crippen molar-refractivity contribution in [3.05, 3.63) is 80.1 Å². The van der Waals surface area contributed by atoms with Crippen molar-refractivity contribution in [1.29, 1.82) is 0 Å². The lowest BCUT2D eigenvalue weighted by molar-refractivity contribution is -0.384. The molecular weight excluding hydrogens is 430 g/mol. The van der Waals surface area contributed by atoms with Crippen LogP contribution >= 0.6 is 11.3 Å². The molecule has 1 aliphatic heterocycles. The summed E-state index contributed by atoms with van der Waals surface area (Å²) in [5.74, 6) is -1.22. The summed E-state index contributed by atoms with van der Waals surface area (Å²) in [6.07, 6.45) is 0.0195. The Bertz CT molecular complexity index is 1260. The van der Waals surface area contributed by atoms with Crippen LogP contribution < -0.4 is 15.1 Å². The molecule has 1 saturated heterocycles. The lowest BCUT2D eigenvalue weighted by Crippen LogP contribution is -2.32. The number of thiazole rings is 1. The lowest BCUT2D eigenvalue weighted by atomic mass is 10.1. The number of aryl methyl sites for hydroxylation is 2. The highest BCUT2D eigenvalue weighted by molar-refractivity contribution is 7.07. The van der Waals surface area contributed by atoms with Crippen LogP contribution in [0.2, 0.25) is 0 Å². The van der Waals surface area contributed by atoms with E-state index in [4.69, 9.17) is 0 Å². The number of anilines is 1. The number of amides is 2. The molecule has 2 aromatic carbocycles. The molecule has 1 N–H and O–H groups in total. The molecule has 0 bridgehead atoms. The Balaban J connectivity index is 1.53. The number of carbonyl (C=O) groups excluding carboxylic acids is 2. The lowest BCUT2D eigenvalue weighted by Gasteiger charge is -2.18. The second-order valence-corrected chi connectivity index (χ2v) is 8.39. The zero-order chi connectivity index (χ0) is 22.8. The van der Waals surface area contributed by atoms with Crippen LogP contribution in [0.3, 0.4) is 0 Å². The molecule has 164 valence electrons. The van der Waals surface area contributed by atoms with E-state index in [1.54, 1.807) is 13.0 Å². The molecule has 10 heteroatoms. The van der Waals surface area contributed by atoms with Crippen LogP contribution in [0.4, 0.5) is 11.4 Å². The molecule has 9 nitrogen and oxygen atoms in total. The van der Waals surface area contributed by atoms with Crippen molar-refractivity contribution in [3.63, 3.8) is 0 Å². The van der Waals surface area contributed by atoms with E-state index in [2.05, 4.69) is 10.5 Å². The number of rotatable bonds is 5. The van der Waals surface area contributed by atoms with Crippen molar-refractivity contribution < 1.29 is 14.5 Å². The number of nitro groups is 1. The number of nitro benzene ring substituents is 1. The van der Waals surface area contributed by atoms with Crippen LogP contribution in [-0.4, -0.2) is 27.8 Å². The molecule has 32 heavy (non-hydrogen) atoms. The number of hydrogen-bond acceptors (Lipinski definition) is 6. The van der Waals surface area contributed by atoms with E-state index in [0.29, 0.717) is 10.5 Å². The quantitative estimate of drug-likeness (QED) is 0.475. The van der Waals surface area contributed by atoms with E-state index < -0.39 is 10.8 Å². The topological polar surface area (TPSA) is 110 Å². The van der Waals surface area contributed by atoms with Gasteiger partial charge in [0.15, 0.2) is 0 Å². The number of nitrogens with zero attached hydrogens (tertiary/aromatic N) is 4. The van der Waals surface area contributed by atoms with Gasteiger partial charge in [-0.1, -0.05) is 24.3 Å². The van der Waals surface area contributed by atoms with Gasteiger partial charge in [0, 0.05) is 41.9 Å². The molecule has 1 fully saturated rings. The van der Waals surface area contributed by atoms with Crippen LogP contribution in [0.5, 0.6) is 0 Å². The first-order chi connectivity index (χ1) is 15.3. The minimum Gasteiger partial charge on any atom is -0.311 e. The van der Waals surface area contributed by atoms with Crippen molar-refractivity contribution in [2.45, 2.75) is 20.3 Å². The van der Waals surface area contributed by atoms with E-state index in [1.165, 1.54) is 28.4 Å². The van der Waals surface area contributed by atoms with Crippen molar-refractivity contribution in [3.8, 4) is 5.69 Å². The number of carbonyl (C=O) groups is 2. The van der Waals surface area contributed by atoms with E-state index in [-0.39, 0.29) is 30.5 Å². The normalized spacial score (nSPS) is 16.4. The molecule has 0 saturated carbocycles.